The summed E-state index contributed by atoms with van der Waals surface area (Å²) in [5, 5.41) is 11.3. The molecule has 0 saturated carbocycles. The molecule has 0 aromatic carbocycles. The van der Waals surface area contributed by atoms with E-state index < -0.39 is 0 Å². The minimum Gasteiger partial charge on any atom is -0.508 e. The molecule has 0 heterocycles. The summed E-state index contributed by atoms with van der Waals surface area (Å²) in [6.07, 6.45) is 6.20. The molecule has 0 saturated heterocycles. The van der Waals surface area contributed by atoms with E-state index >= 15 is 0 Å². The van der Waals surface area contributed by atoms with Crippen molar-refractivity contribution in [2.75, 3.05) is 0 Å². The molecule has 1 amide bonds. The molecular formula is C9H11NO2. The Hall–Kier alpha value is -1.77. The molecule has 0 spiro atoms. The molecule has 0 unspecified atom stereocenters. The summed E-state index contributed by atoms with van der Waals surface area (Å²) < 4.78 is 0. The lowest BCUT2D eigenvalue weighted by Crippen LogP contribution is -2.07. The summed E-state index contributed by atoms with van der Waals surface area (Å²) in [7, 11) is 0. The largest absolute Gasteiger partial charge is 0.508 e. The fourth-order valence-electron chi connectivity index (χ4n) is 0.486. The lowest BCUT2D eigenvalue weighted by molar-refractivity contribution is -0.108. The molecule has 0 aliphatic heterocycles. The third kappa shape index (κ3) is 4.11. The maximum Gasteiger partial charge on any atom is 0.211 e. The van der Waals surface area contributed by atoms with Crippen molar-refractivity contribution in [2.45, 2.75) is 0 Å². The van der Waals surface area contributed by atoms with Crippen LogP contribution in [0, 0.1) is 0 Å². The summed E-state index contributed by atoms with van der Waals surface area (Å²) in [4.78, 5) is 9.99. The summed E-state index contributed by atoms with van der Waals surface area (Å²) in [5.41, 5.74) is 0.512. The van der Waals surface area contributed by atoms with Gasteiger partial charge in [-0.05, 0) is 24.3 Å². The molecule has 0 aromatic rings. The van der Waals surface area contributed by atoms with E-state index in [9.17, 15) is 4.79 Å². The smallest absolute Gasteiger partial charge is 0.211 e. The fourth-order valence-corrected chi connectivity index (χ4v) is 0.486. The first-order valence-electron chi connectivity index (χ1n) is 3.30. The summed E-state index contributed by atoms with van der Waals surface area (Å²) in [5.74, 6) is 0.0297. The highest BCUT2D eigenvalue weighted by Crippen LogP contribution is 1.94. The Labute approximate surface area is 71.4 Å². The molecule has 0 atom stereocenters. The van der Waals surface area contributed by atoms with E-state index in [-0.39, 0.29) is 5.76 Å². The molecule has 12 heavy (non-hydrogen) atoms. The lowest BCUT2D eigenvalue weighted by atomic mass is 10.3. The standard InChI is InChI=1S/C9H11NO2/c1-3-8(10-7-11)5-6-9(12)4-2/h3-7,12H,1-2H2,(H,10,11)/b8-5+,9-6+. The third-order valence-electron chi connectivity index (χ3n) is 1.09. The van der Waals surface area contributed by atoms with Crippen molar-refractivity contribution in [3.8, 4) is 0 Å². The molecule has 0 aliphatic carbocycles. The molecule has 0 aliphatic rings. The van der Waals surface area contributed by atoms with E-state index in [1.54, 1.807) is 0 Å². The first-order valence-corrected chi connectivity index (χ1v) is 3.30. The highest BCUT2D eigenvalue weighted by Gasteiger charge is 1.85. The van der Waals surface area contributed by atoms with E-state index in [1.807, 2.05) is 0 Å². The summed E-state index contributed by atoms with van der Waals surface area (Å²) >= 11 is 0. The molecular weight excluding hydrogens is 154 g/mol. The van der Waals surface area contributed by atoms with Crippen molar-refractivity contribution in [3.05, 3.63) is 48.9 Å². The highest BCUT2D eigenvalue weighted by atomic mass is 16.3. The maximum atomic E-state index is 9.99. The Morgan fingerprint density at radius 1 is 1.25 bits per heavy atom. The Bertz CT molecular complexity index is 239. The van der Waals surface area contributed by atoms with Crippen LogP contribution in [0.1, 0.15) is 0 Å². The third-order valence-corrected chi connectivity index (χ3v) is 1.09. The Balaban J connectivity index is 4.37. The van der Waals surface area contributed by atoms with Gasteiger partial charge in [-0.3, -0.25) is 4.79 Å². The number of rotatable bonds is 5. The van der Waals surface area contributed by atoms with Crippen molar-refractivity contribution in [1.82, 2.24) is 5.32 Å². The molecule has 3 heteroatoms. The predicted molar refractivity (Wildman–Crippen MR) is 48.4 cm³/mol. The molecule has 0 fully saturated rings. The topological polar surface area (TPSA) is 49.3 Å². The van der Waals surface area contributed by atoms with Gasteiger partial charge in [-0.2, -0.15) is 0 Å². The second-order valence-electron chi connectivity index (χ2n) is 1.88. The number of amides is 1. The number of hydrogen-bond donors (Lipinski definition) is 2. The average Bonchev–Trinajstić information content (AvgIpc) is 2.11. The normalized spacial score (nSPS) is 12.0. The molecule has 3 nitrogen and oxygen atoms in total. The van der Waals surface area contributed by atoms with Crippen molar-refractivity contribution < 1.29 is 9.90 Å². The van der Waals surface area contributed by atoms with Gasteiger partial charge >= 0.3 is 0 Å². The van der Waals surface area contributed by atoms with Crippen molar-refractivity contribution in [3.63, 3.8) is 0 Å². The SMILES string of the molecule is C=C/C(O)=C\C=C(/C=C)NC=O. The second kappa shape index (κ2) is 5.97. The van der Waals surface area contributed by atoms with Gasteiger partial charge in [0.05, 0.1) is 0 Å². The maximum absolute atomic E-state index is 9.99. The van der Waals surface area contributed by atoms with E-state index in [2.05, 4.69) is 18.5 Å². The summed E-state index contributed by atoms with van der Waals surface area (Å²) in [6, 6.07) is 0. The molecule has 2 N–H and O–H groups in total. The zero-order valence-corrected chi connectivity index (χ0v) is 6.66. The molecule has 0 aromatic heterocycles. The minimum atomic E-state index is 0.0297. The van der Waals surface area contributed by atoms with Crippen LogP contribution in [-0.4, -0.2) is 11.5 Å². The van der Waals surface area contributed by atoms with Gasteiger partial charge in [0.15, 0.2) is 0 Å². The molecule has 0 radical (unpaired) electrons. The van der Waals surface area contributed by atoms with Gasteiger partial charge in [0.25, 0.3) is 0 Å². The van der Waals surface area contributed by atoms with Crippen LogP contribution in [0.3, 0.4) is 0 Å². The van der Waals surface area contributed by atoms with Gasteiger partial charge in [-0.15, -0.1) is 0 Å². The quantitative estimate of drug-likeness (QED) is 0.368. The van der Waals surface area contributed by atoms with Crippen molar-refractivity contribution in [2.24, 2.45) is 0 Å². The van der Waals surface area contributed by atoms with Crippen LogP contribution < -0.4 is 5.32 Å². The Kier molecular flexibility index (Phi) is 5.09. The van der Waals surface area contributed by atoms with Gasteiger partial charge in [0, 0.05) is 5.70 Å². The number of aliphatic hydroxyl groups is 1. The van der Waals surface area contributed by atoms with Crippen LogP contribution in [0.5, 0.6) is 0 Å². The van der Waals surface area contributed by atoms with Crippen LogP contribution in [-0.2, 0) is 4.79 Å². The first-order chi connectivity index (χ1) is 5.74. The zero-order chi connectivity index (χ0) is 9.40. The highest BCUT2D eigenvalue weighted by molar-refractivity contribution is 5.52. The number of aliphatic hydroxyl groups excluding tert-OH is 1. The van der Waals surface area contributed by atoms with Crippen LogP contribution >= 0.6 is 0 Å². The Morgan fingerprint density at radius 3 is 2.33 bits per heavy atom. The van der Waals surface area contributed by atoms with Crippen LogP contribution in [0.15, 0.2) is 48.9 Å². The first kappa shape index (κ1) is 10.2. The summed E-state index contributed by atoms with van der Waals surface area (Å²) in [6.45, 7) is 6.80. The van der Waals surface area contributed by atoms with Crippen LogP contribution in [0.2, 0.25) is 0 Å². The fraction of sp³-hybridized carbons (Fsp3) is 0. The zero-order valence-electron chi connectivity index (χ0n) is 6.66. The van der Waals surface area contributed by atoms with Crippen molar-refractivity contribution >= 4 is 6.41 Å². The van der Waals surface area contributed by atoms with E-state index in [1.165, 1.54) is 24.3 Å². The number of nitrogens with one attached hydrogen (secondary N) is 1. The predicted octanol–water partition coefficient (Wildman–Crippen LogP) is 1.43. The van der Waals surface area contributed by atoms with Crippen LogP contribution in [0.4, 0.5) is 0 Å². The number of carbonyl (C=O) groups is 1. The molecule has 0 rings (SSSR count). The molecule has 0 bridgehead atoms. The molecule has 64 valence electrons. The van der Waals surface area contributed by atoms with Gasteiger partial charge in [-0.1, -0.05) is 13.2 Å². The van der Waals surface area contributed by atoms with E-state index in [0.29, 0.717) is 12.1 Å². The average molecular weight is 165 g/mol. The van der Waals surface area contributed by atoms with Gasteiger partial charge in [0.1, 0.15) is 5.76 Å². The number of allylic oxidation sites excluding steroid dienone is 4. The van der Waals surface area contributed by atoms with Crippen molar-refractivity contribution in [1.29, 1.82) is 0 Å². The lowest BCUT2D eigenvalue weighted by Gasteiger charge is -1.94. The Morgan fingerprint density at radius 2 is 1.92 bits per heavy atom. The van der Waals surface area contributed by atoms with Gasteiger partial charge in [0.2, 0.25) is 6.41 Å². The van der Waals surface area contributed by atoms with Gasteiger partial charge in [-0.25, -0.2) is 0 Å². The second-order valence-corrected chi connectivity index (χ2v) is 1.88. The van der Waals surface area contributed by atoms with E-state index in [0.717, 1.165) is 0 Å². The van der Waals surface area contributed by atoms with Gasteiger partial charge < -0.3 is 10.4 Å². The van der Waals surface area contributed by atoms with Crippen LogP contribution in [0.25, 0.3) is 0 Å². The minimum absolute atomic E-state index is 0.0297. The number of carbonyl (C=O) groups excluding carboxylic acids is 1. The number of hydrogen-bond acceptors (Lipinski definition) is 2. The van der Waals surface area contributed by atoms with E-state index in [4.69, 9.17) is 5.11 Å². The monoisotopic (exact) mass is 165 g/mol.